The van der Waals surface area contributed by atoms with Crippen LogP contribution in [0.4, 0.5) is 5.69 Å². The van der Waals surface area contributed by atoms with E-state index < -0.39 is 0 Å². The van der Waals surface area contributed by atoms with Crippen LogP contribution in [0, 0.1) is 5.92 Å². The molecule has 0 aromatic heterocycles. The summed E-state index contributed by atoms with van der Waals surface area (Å²) in [5.41, 5.74) is 2.29. The van der Waals surface area contributed by atoms with Gasteiger partial charge in [0.05, 0.1) is 7.11 Å². The first kappa shape index (κ1) is 13.4. The van der Waals surface area contributed by atoms with Gasteiger partial charge in [-0.25, -0.2) is 0 Å². The summed E-state index contributed by atoms with van der Waals surface area (Å²) in [5, 5.41) is 3.36. The molecule has 0 spiro atoms. The Labute approximate surface area is 120 Å². The Morgan fingerprint density at radius 3 is 3.15 bits per heavy atom. The SMILES string of the molecule is COc1ccc2c(c1)CCN2C(=O)CCC1CCNC1. The number of hydrogen-bond acceptors (Lipinski definition) is 3. The molecule has 1 N–H and O–H groups in total. The number of nitrogens with one attached hydrogen (secondary N) is 1. The minimum absolute atomic E-state index is 0.265. The fourth-order valence-electron chi connectivity index (χ4n) is 3.19. The number of hydrogen-bond donors (Lipinski definition) is 1. The van der Waals surface area contributed by atoms with E-state index in [1.54, 1.807) is 7.11 Å². The van der Waals surface area contributed by atoms with E-state index in [1.165, 1.54) is 12.0 Å². The Kier molecular flexibility index (Phi) is 3.92. The van der Waals surface area contributed by atoms with Gasteiger partial charge in [0, 0.05) is 18.7 Å². The highest BCUT2D eigenvalue weighted by Gasteiger charge is 2.25. The Balaban J connectivity index is 1.63. The average Bonchev–Trinajstić information content (AvgIpc) is 3.13. The van der Waals surface area contributed by atoms with Crippen LogP contribution in [0.3, 0.4) is 0 Å². The van der Waals surface area contributed by atoms with Crippen LogP contribution in [0.1, 0.15) is 24.8 Å². The van der Waals surface area contributed by atoms with Gasteiger partial charge in [0.2, 0.25) is 5.91 Å². The van der Waals surface area contributed by atoms with Gasteiger partial charge >= 0.3 is 0 Å². The van der Waals surface area contributed by atoms with E-state index in [0.29, 0.717) is 12.3 Å². The number of ether oxygens (including phenoxy) is 1. The van der Waals surface area contributed by atoms with Crippen LogP contribution in [-0.4, -0.2) is 32.7 Å². The normalized spacial score (nSPS) is 21.1. The number of benzene rings is 1. The van der Waals surface area contributed by atoms with Crippen LogP contribution in [0.25, 0.3) is 0 Å². The zero-order valence-electron chi connectivity index (χ0n) is 12.0. The highest BCUT2D eigenvalue weighted by atomic mass is 16.5. The summed E-state index contributed by atoms with van der Waals surface area (Å²) in [6.45, 7) is 2.98. The smallest absolute Gasteiger partial charge is 0.227 e. The Hall–Kier alpha value is -1.55. The number of carbonyl (C=O) groups is 1. The van der Waals surface area contributed by atoms with Gasteiger partial charge in [0.1, 0.15) is 5.75 Å². The van der Waals surface area contributed by atoms with Gasteiger partial charge in [0.15, 0.2) is 0 Å². The van der Waals surface area contributed by atoms with E-state index in [0.717, 1.165) is 43.9 Å². The first-order valence-electron chi connectivity index (χ1n) is 7.46. The summed E-state index contributed by atoms with van der Waals surface area (Å²) in [5.74, 6) is 1.81. The molecular formula is C16H22N2O2. The molecule has 1 atom stereocenters. The maximum absolute atomic E-state index is 12.4. The van der Waals surface area contributed by atoms with Crippen LogP contribution in [0.15, 0.2) is 18.2 Å². The van der Waals surface area contributed by atoms with E-state index in [9.17, 15) is 4.79 Å². The second kappa shape index (κ2) is 5.83. The molecule has 1 aromatic carbocycles. The van der Waals surface area contributed by atoms with Crippen LogP contribution >= 0.6 is 0 Å². The molecule has 108 valence electrons. The van der Waals surface area contributed by atoms with Crippen molar-refractivity contribution in [1.82, 2.24) is 5.32 Å². The Bertz CT molecular complexity index is 495. The van der Waals surface area contributed by atoms with Crippen molar-refractivity contribution in [3.8, 4) is 5.75 Å². The summed E-state index contributed by atoms with van der Waals surface area (Å²) in [6.07, 6.45) is 3.82. The summed E-state index contributed by atoms with van der Waals surface area (Å²) in [7, 11) is 1.68. The maximum Gasteiger partial charge on any atom is 0.227 e. The van der Waals surface area contributed by atoms with Crippen LogP contribution in [0.2, 0.25) is 0 Å². The molecule has 1 fully saturated rings. The third-order valence-corrected chi connectivity index (χ3v) is 4.41. The highest BCUT2D eigenvalue weighted by molar-refractivity contribution is 5.95. The average molecular weight is 274 g/mol. The second-order valence-corrected chi connectivity index (χ2v) is 5.69. The van der Waals surface area contributed by atoms with Crippen molar-refractivity contribution in [3.63, 3.8) is 0 Å². The predicted octanol–water partition coefficient (Wildman–Crippen LogP) is 1.97. The predicted molar refractivity (Wildman–Crippen MR) is 79.3 cm³/mol. The number of nitrogens with zero attached hydrogens (tertiary/aromatic N) is 1. The number of fused-ring (bicyclic) bond motifs is 1. The fraction of sp³-hybridized carbons (Fsp3) is 0.562. The molecule has 0 bridgehead atoms. The molecule has 1 amide bonds. The minimum atomic E-state index is 0.265. The van der Waals surface area contributed by atoms with Crippen LogP contribution in [-0.2, 0) is 11.2 Å². The van der Waals surface area contributed by atoms with Crippen LogP contribution in [0.5, 0.6) is 5.75 Å². The lowest BCUT2D eigenvalue weighted by Crippen LogP contribution is -2.29. The van der Waals surface area contributed by atoms with Crippen molar-refractivity contribution in [3.05, 3.63) is 23.8 Å². The molecule has 0 aliphatic carbocycles. The molecule has 2 heterocycles. The summed E-state index contributed by atoms with van der Waals surface area (Å²) in [6, 6.07) is 5.99. The molecule has 4 heteroatoms. The zero-order chi connectivity index (χ0) is 13.9. The number of rotatable bonds is 4. The molecule has 3 rings (SSSR count). The molecule has 0 radical (unpaired) electrons. The minimum Gasteiger partial charge on any atom is -0.497 e. The van der Waals surface area contributed by atoms with Gasteiger partial charge in [-0.3, -0.25) is 4.79 Å². The van der Waals surface area contributed by atoms with Crippen LogP contribution < -0.4 is 15.0 Å². The Morgan fingerprint density at radius 2 is 2.40 bits per heavy atom. The molecule has 0 saturated carbocycles. The summed E-state index contributed by atoms with van der Waals surface area (Å²) < 4.78 is 5.24. The van der Waals surface area contributed by atoms with Gasteiger partial charge < -0.3 is 15.0 Å². The third kappa shape index (κ3) is 2.66. The van der Waals surface area contributed by atoms with Crippen molar-refractivity contribution in [2.45, 2.75) is 25.7 Å². The standard InChI is InChI=1S/C16H22N2O2/c1-20-14-3-4-15-13(10-14)7-9-18(15)16(19)5-2-12-6-8-17-11-12/h3-4,10,12,17H,2,5-9,11H2,1H3. The number of methoxy groups -OCH3 is 1. The molecule has 2 aliphatic heterocycles. The lowest BCUT2D eigenvalue weighted by atomic mass is 10.0. The lowest BCUT2D eigenvalue weighted by Gasteiger charge is -2.18. The quantitative estimate of drug-likeness (QED) is 0.912. The van der Waals surface area contributed by atoms with Gasteiger partial charge in [-0.1, -0.05) is 0 Å². The van der Waals surface area contributed by atoms with Crippen molar-refractivity contribution in [2.75, 3.05) is 31.6 Å². The monoisotopic (exact) mass is 274 g/mol. The molecule has 2 aliphatic rings. The molecule has 1 saturated heterocycles. The van der Waals surface area contributed by atoms with E-state index in [1.807, 2.05) is 23.1 Å². The lowest BCUT2D eigenvalue weighted by molar-refractivity contribution is -0.118. The molecule has 1 aromatic rings. The number of amides is 1. The second-order valence-electron chi connectivity index (χ2n) is 5.69. The van der Waals surface area contributed by atoms with Crippen molar-refractivity contribution in [1.29, 1.82) is 0 Å². The molecule has 20 heavy (non-hydrogen) atoms. The number of anilines is 1. The van der Waals surface area contributed by atoms with E-state index in [4.69, 9.17) is 4.74 Å². The van der Waals surface area contributed by atoms with Crippen molar-refractivity contribution < 1.29 is 9.53 Å². The van der Waals surface area contributed by atoms with E-state index in [2.05, 4.69) is 5.32 Å². The van der Waals surface area contributed by atoms with E-state index in [-0.39, 0.29) is 5.91 Å². The molecule has 1 unspecified atom stereocenters. The van der Waals surface area contributed by atoms with Gasteiger partial charge in [0.25, 0.3) is 0 Å². The first-order valence-corrected chi connectivity index (χ1v) is 7.46. The maximum atomic E-state index is 12.4. The highest BCUT2D eigenvalue weighted by Crippen LogP contribution is 2.32. The number of carbonyl (C=O) groups excluding carboxylic acids is 1. The zero-order valence-corrected chi connectivity index (χ0v) is 12.0. The largest absolute Gasteiger partial charge is 0.497 e. The Morgan fingerprint density at radius 1 is 1.50 bits per heavy atom. The van der Waals surface area contributed by atoms with Gasteiger partial charge in [-0.05, 0) is 62.0 Å². The summed E-state index contributed by atoms with van der Waals surface area (Å²) in [4.78, 5) is 14.3. The topological polar surface area (TPSA) is 41.6 Å². The molecular weight excluding hydrogens is 252 g/mol. The third-order valence-electron chi connectivity index (χ3n) is 4.41. The van der Waals surface area contributed by atoms with Gasteiger partial charge in [-0.15, -0.1) is 0 Å². The summed E-state index contributed by atoms with van der Waals surface area (Å²) >= 11 is 0. The van der Waals surface area contributed by atoms with Crippen molar-refractivity contribution in [2.24, 2.45) is 5.92 Å². The first-order chi connectivity index (χ1) is 9.78. The van der Waals surface area contributed by atoms with Crippen molar-refractivity contribution >= 4 is 11.6 Å². The van der Waals surface area contributed by atoms with Gasteiger partial charge in [-0.2, -0.15) is 0 Å². The fourth-order valence-corrected chi connectivity index (χ4v) is 3.19. The molecule has 4 nitrogen and oxygen atoms in total. The van der Waals surface area contributed by atoms with E-state index >= 15 is 0 Å².